The minimum Gasteiger partial charge on any atom is -0.389 e. The molecule has 0 aliphatic carbocycles. The van der Waals surface area contributed by atoms with Crippen molar-refractivity contribution in [3.05, 3.63) is 29.6 Å². The molecule has 0 saturated carbocycles. The Bertz CT molecular complexity index is 491. The fraction of sp³-hybridized carbons (Fsp3) is 0.500. The first-order chi connectivity index (χ1) is 10.0. The highest BCUT2D eigenvalue weighted by molar-refractivity contribution is 7.80. The number of nitrogens with one attached hydrogen (secondary N) is 1. The van der Waals surface area contributed by atoms with Crippen molar-refractivity contribution in [3.63, 3.8) is 0 Å². The van der Waals surface area contributed by atoms with Crippen molar-refractivity contribution >= 4 is 28.8 Å². The Labute approximate surface area is 131 Å². The number of anilines is 1. The van der Waals surface area contributed by atoms with E-state index in [4.69, 9.17) is 18.0 Å². The molecule has 0 unspecified atom stereocenters. The summed E-state index contributed by atoms with van der Waals surface area (Å²) in [5.41, 5.74) is 6.38. The monoisotopic (exact) mass is 310 g/mol. The molecule has 1 amide bonds. The third kappa shape index (κ3) is 6.67. The van der Waals surface area contributed by atoms with Gasteiger partial charge < -0.3 is 11.1 Å². The topological polar surface area (TPSA) is 55.1 Å². The molecule has 3 nitrogen and oxygen atoms in total. The lowest BCUT2D eigenvalue weighted by atomic mass is 10.1. The predicted molar refractivity (Wildman–Crippen MR) is 88.9 cm³/mol. The van der Waals surface area contributed by atoms with E-state index in [1.165, 1.54) is 37.5 Å². The number of nitrogens with two attached hydrogens (primary N) is 1. The molecule has 0 saturated heterocycles. The summed E-state index contributed by atoms with van der Waals surface area (Å²) in [5, 5.41) is 2.75. The highest BCUT2D eigenvalue weighted by atomic mass is 32.1. The second-order valence-corrected chi connectivity index (χ2v) is 5.56. The average molecular weight is 310 g/mol. The molecule has 0 fully saturated rings. The summed E-state index contributed by atoms with van der Waals surface area (Å²) < 4.78 is 13.2. The zero-order chi connectivity index (χ0) is 15.7. The zero-order valence-electron chi connectivity index (χ0n) is 12.5. The van der Waals surface area contributed by atoms with Crippen LogP contribution in [0.1, 0.15) is 57.4 Å². The van der Waals surface area contributed by atoms with E-state index in [1.54, 1.807) is 0 Å². The van der Waals surface area contributed by atoms with E-state index in [0.29, 0.717) is 17.7 Å². The van der Waals surface area contributed by atoms with E-state index in [0.717, 1.165) is 19.3 Å². The molecule has 0 aromatic heterocycles. The normalized spacial score (nSPS) is 10.4. The molecular formula is C16H23FN2OS. The van der Waals surface area contributed by atoms with E-state index >= 15 is 0 Å². The maximum atomic E-state index is 13.2. The Hall–Kier alpha value is -1.49. The number of carbonyl (C=O) groups is 1. The van der Waals surface area contributed by atoms with Crippen molar-refractivity contribution < 1.29 is 9.18 Å². The molecule has 0 atom stereocenters. The number of benzene rings is 1. The van der Waals surface area contributed by atoms with Gasteiger partial charge in [0.1, 0.15) is 10.8 Å². The number of halogens is 1. The largest absolute Gasteiger partial charge is 0.389 e. The van der Waals surface area contributed by atoms with Gasteiger partial charge in [0.2, 0.25) is 5.91 Å². The van der Waals surface area contributed by atoms with E-state index in [2.05, 4.69) is 12.2 Å². The van der Waals surface area contributed by atoms with E-state index in [-0.39, 0.29) is 10.9 Å². The first kappa shape index (κ1) is 17.6. The standard InChI is InChI=1S/C16H23FN2OS/c1-2-3-4-5-6-7-8-15(20)19-14-10-9-12(17)11-13(14)16(18)21/h9-11H,2-8H2,1H3,(H2,18,21)(H,19,20). The molecule has 116 valence electrons. The van der Waals surface area contributed by atoms with E-state index in [9.17, 15) is 9.18 Å². The van der Waals surface area contributed by atoms with Gasteiger partial charge in [0, 0.05) is 12.0 Å². The van der Waals surface area contributed by atoms with Gasteiger partial charge in [0.25, 0.3) is 0 Å². The van der Waals surface area contributed by atoms with Crippen molar-refractivity contribution in [2.45, 2.75) is 51.9 Å². The molecule has 3 N–H and O–H groups in total. The number of amides is 1. The number of rotatable bonds is 9. The summed E-state index contributed by atoms with van der Waals surface area (Å²) in [4.78, 5) is 11.9. The average Bonchev–Trinajstić information content (AvgIpc) is 2.44. The lowest BCUT2D eigenvalue weighted by Gasteiger charge is -2.10. The molecule has 0 heterocycles. The third-order valence-electron chi connectivity index (χ3n) is 3.28. The van der Waals surface area contributed by atoms with Crippen molar-refractivity contribution in [1.29, 1.82) is 0 Å². The van der Waals surface area contributed by atoms with E-state index in [1.807, 2.05) is 0 Å². The summed E-state index contributed by atoms with van der Waals surface area (Å²) in [5.74, 6) is -0.513. The van der Waals surface area contributed by atoms with Gasteiger partial charge in [-0.1, -0.05) is 51.2 Å². The first-order valence-electron chi connectivity index (χ1n) is 7.43. The summed E-state index contributed by atoms with van der Waals surface area (Å²) in [7, 11) is 0. The SMILES string of the molecule is CCCCCCCCC(=O)Nc1ccc(F)cc1C(N)=S. The van der Waals surface area contributed by atoms with Crippen LogP contribution in [0.25, 0.3) is 0 Å². The maximum absolute atomic E-state index is 13.2. The highest BCUT2D eigenvalue weighted by Crippen LogP contribution is 2.18. The fourth-order valence-electron chi connectivity index (χ4n) is 2.11. The van der Waals surface area contributed by atoms with Crippen molar-refractivity contribution in [2.24, 2.45) is 5.73 Å². The second kappa shape index (κ2) is 9.45. The van der Waals surface area contributed by atoms with Gasteiger partial charge >= 0.3 is 0 Å². The van der Waals surface area contributed by atoms with Crippen molar-refractivity contribution in [2.75, 3.05) is 5.32 Å². The summed E-state index contributed by atoms with van der Waals surface area (Å²) in [6.45, 7) is 2.18. The van der Waals surface area contributed by atoms with Crippen LogP contribution in [0.15, 0.2) is 18.2 Å². The maximum Gasteiger partial charge on any atom is 0.224 e. The predicted octanol–water partition coefficient (Wildman–Crippen LogP) is 4.15. The molecular weight excluding hydrogens is 287 g/mol. The number of unbranched alkanes of at least 4 members (excludes halogenated alkanes) is 5. The van der Waals surface area contributed by atoms with Gasteiger partial charge in [-0.2, -0.15) is 0 Å². The minimum atomic E-state index is -0.424. The number of hydrogen-bond donors (Lipinski definition) is 2. The Morgan fingerprint density at radius 1 is 1.24 bits per heavy atom. The Morgan fingerprint density at radius 2 is 1.90 bits per heavy atom. The first-order valence-corrected chi connectivity index (χ1v) is 7.84. The Balaban J connectivity index is 2.43. The fourth-order valence-corrected chi connectivity index (χ4v) is 2.28. The lowest BCUT2D eigenvalue weighted by Crippen LogP contribution is -2.17. The number of thiocarbonyl (C=S) groups is 1. The van der Waals surface area contributed by atoms with Gasteiger partial charge in [0.05, 0.1) is 5.69 Å². The molecule has 0 aliphatic heterocycles. The van der Waals surface area contributed by atoms with Crippen LogP contribution >= 0.6 is 12.2 Å². The molecule has 1 aromatic rings. The molecule has 21 heavy (non-hydrogen) atoms. The Morgan fingerprint density at radius 3 is 2.57 bits per heavy atom. The molecule has 1 aromatic carbocycles. The van der Waals surface area contributed by atoms with Gasteiger partial charge in [0.15, 0.2) is 0 Å². The zero-order valence-corrected chi connectivity index (χ0v) is 13.3. The summed E-state index contributed by atoms with van der Waals surface area (Å²) >= 11 is 4.87. The van der Waals surface area contributed by atoms with Crippen LogP contribution in [-0.4, -0.2) is 10.9 Å². The third-order valence-corrected chi connectivity index (χ3v) is 3.50. The van der Waals surface area contributed by atoms with Crippen LogP contribution in [0.2, 0.25) is 0 Å². The molecule has 0 aliphatic rings. The van der Waals surface area contributed by atoms with Crippen molar-refractivity contribution in [3.8, 4) is 0 Å². The van der Waals surface area contributed by atoms with Crippen LogP contribution in [0.5, 0.6) is 0 Å². The molecule has 5 heteroatoms. The quantitative estimate of drug-likeness (QED) is 0.532. The summed E-state index contributed by atoms with van der Waals surface area (Å²) in [6, 6.07) is 4.01. The summed E-state index contributed by atoms with van der Waals surface area (Å²) in [6.07, 6.45) is 7.22. The number of carbonyl (C=O) groups excluding carboxylic acids is 1. The van der Waals surface area contributed by atoms with E-state index < -0.39 is 5.82 Å². The van der Waals surface area contributed by atoms with Crippen LogP contribution in [-0.2, 0) is 4.79 Å². The van der Waals surface area contributed by atoms with Gasteiger partial charge in [-0.25, -0.2) is 4.39 Å². The van der Waals surface area contributed by atoms with Crippen LogP contribution in [0.3, 0.4) is 0 Å². The van der Waals surface area contributed by atoms with Crippen molar-refractivity contribution in [1.82, 2.24) is 0 Å². The van der Waals surface area contributed by atoms with Gasteiger partial charge in [-0.3, -0.25) is 4.79 Å². The lowest BCUT2D eigenvalue weighted by molar-refractivity contribution is -0.116. The highest BCUT2D eigenvalue weighted by Gasteiger charge is 2.10. The smallest absolute Gasteiger partial charge is 0.224 e. The molecule has 0 bridgehead atoms. The Kier molecular flexibility index (Phi) is 7.90. The van der Waals surface area contributed by atoms with Crippen LogP contribution in [0.4, 0.5) is 10.1 Å². The van der Waals surface area contributed by atoms with Crippen LogP contribution in [0, 0.1) is 5.82 Å². The molecule has 0 radical (unpaired) electrons. The second-order valence-electron chi connectivity index (χ2n) is 5.12. The number of hydrogen-bond acceptors (Lipinski definition) is 2. The van der Waals surface area contributed by atoms with Gasteiger partial charge in [-0.05, 0) is 24.6 Å². The minimum absolute atomic E-state index is 0.0735. The molecule has 1 rings (SSSR count). The van der Waals surface area contributed by atoms with Gasteiger partial charge in [-0.15, -0.1) is 0 Å². The van der Waals surface area contributed by atoms with Crippen LogP contribution < -0.4 is 11.1 Å². The molecule has 0 spiro atoms.